The van der Waals surface area contributed by atoms with Crippen LogP contribution in [0.4, 0.5) is 0 Å². The van der Waals surface area contributed by atoms with Gasteiger partial charge in [0.15, 0.2) is 0 Å². The van der Waals surface area contributed by atoms with Crippen LogP contribution >= 0.6 is 23.2 Å². The molecule has 5 heteroatoms. The molecular formula is C14H21Cl2N3. The molecule has 0 saturated carbocycles. The Labute approximate surface area is 125 Å². The number of nitrogens with zero attached hydrogens (tertiary/aromatic N) is 2. The Morgan fingerprint density at radius 3 is 2.63 bits per heavy atom. The molecule has 1 saturated heterocycles. The van der Waals surface area contributed by atoms with Crippen molar-refractivity contribution in [2.75, 3.05) is 33.7 Å². The third-order valence-corrected chi connectivity index (χ3v) is 4.66. The zero-order valence-electron chi connectivity index (χ0n) is 11.4. The number of benzene rings is 1. The van der Waals surface area contributed by atoms with E-state index in [-0.39, 0.29) is 6.04 Å². The number of hydrogen-bond donors (Lipinski definition) is 1. The monoisotopic (exact) mass is 301 g/mol. The number of nitrogens with two attached hydrogens (primary N) is 1. The predicted molar refractivity (Wildman–Crippen MR) is 81.9 cm³/mol. The van der Waals surface area contributed by atoms with Gasteiger partial charge in [-0.05, 0) is 38.2 Å². The Morgan fingerprint density at radius 2 is 2.11 bits per heavy atom. The number of hydrogen-bond acceptors (Lipinski definition) is 3. The fraction of sp³-hybridized carbons (Fsp3) is 0.571. The molecule has 1 heterocycles. The summed E-state index contributed by atoms with van der Waals surface area (Å²) < 4.78 is 0. The van der Waals surface area contributed by atoms with Gasteiger partial charge in [0.05, 0.1) is 10.0 Å². The highest BCUT2D eigenvalue weighted by molar-refractivity contribution is 6.42. The van der Waals surface area contributed by atoms with Gasteiger partial charge in [-0.1, -0.05) is 29.3 Å². The molecule has 1 aromatic carbocycles. The van der Waals surface area contributed by atoms with Gasteiger partial charge in [0.2, 0.25) is 0 Å². The third-order valence-electron chi connectivity index (χ3n) is 3.92. The molecule has 106 valence electrons. The Bertz CT molecular complexity index is 437. The average Bonchev–Trinajstić information content (AvgIpc) is 2.84. The smallest absolute Gasteiger partial charge is 0.0595 e. The van der Waals surface area contributed by atoms with Crippen LogP contribution in [0.25, 0.3) is 0 Å². The van der Waals surface area contributed by atoms with Gasteiger partial charge in [-0.3, -0.25) is 4.90 Å². The molecule has 2 N–H and O–H groups in total. The third kappa shape index (κ3) is 3.41. The van der Waals surface area contributed by atoms with Gasteiger partial charge in [-0.25, -0.2) is 0 Å². The lowest BCUT2D eigenvalue weighted by Gasteiger charge is -2.28. The topological polar surface area (TPSA) is 32.5 Å². The molecule has 1 aliphatic heterocycles. The van der Waals surface area contributed by atoms with Crippen LogP contribution in [0.5, 0.6) is 0 Å². The summed E-state index contributed by atoms with van der Waals surface area (Å²) in [4.78, 5) is 4.71. The van der Waals surface area contributed by atoms with Crippen LogP contribution < -0.4 is 5.73 Å². The molecule has 1 aliphatic rings. The molecule has 2 unspecified atom stereocenters. The summed E-state index contributed by atoms with van der Waals surface area (Å²) >= 11 is 12.1. The number of halogens is 2. The molecule has 0 bridgehead atoms. The van der Waals surface area contributed by atoms with E-state index < -0.39 is 0 Å². The summed E-state index contributed by atoms with van der Waals surface area (Å²) in [5, 5.41) is 1.19. The highest BCUT2D eigenvalue weighted by atomic mass is 35.5. The fourth-order valence-corrected chi connectivity index (χ4v) is 2.99. The van der Waals surface area contributed by atoms with Crippen molar-refractivity contribution in [2.45, 2.75) is 18.5 Å². The summed E-state index contributed by atoms with van der Waals surface area (Å²) in [5.74, 6) is 0. The largest absolute Gasteiger partial charge is 0.329 e. The normalized spacial score (nSPS) is 22.1. The molecule has 1 fully saturated rings. The van der Waals surface area contributed by atoms with Crippen LogP contribution in [0.3, 0.4) is 0 Å². The standard InChI is InChI=1S/C14H21Cl2N3/c1-18(2)11-5-6-19(9-11)14(8-17)10-3-4-12(15)13(16)7-10/h3-4,7,11,14H,5-6,8-9,17H2,1-2H3. The first-order valence-corrected chi connectivity index (χ1v) is 7.34. The van der Waals surface area contributed by atoms with Gasteiger partial charge < -0.3 is 10.6 Å². The quantitative estimate of drug-likeness (QED) is 0.928. The number of likely N-dealkylation sites (N-methyl/N-ethyl adjacent to an activating group) is 1. The molecular weight excluding hydrogens is 281 g/mol. The molecule has 0 spiro atoms. The maximum atomic E-state index is 6.10. The molecule has 2 rings (SSSR count). The highest BCUT2D eigenvalue weighted by Gasteiger charge is 2.29. The van der Waals surface area contributed by atoms with Crippen LogP contribution in [0.2, 0.25) is 10.0 Å². The Hall–Kier alpha value is -0.320. The minimum absolute atomic E-state index is 0.222. The van der Waals surface area contributed by atoms with Crippen molar-refractivity contribution in [2.24, 2.45) is 5.73 Å². The van der Waals surface area contributed by atoms with Crippen LogP contribution in [-0.4, -0.2) is 49.6 Å². The van der Waals surface area contributed by atoms with Gasteiger partial charge >= 0.3 is 0 Å². The lowest BCUT2D eigenvalue weighted by molar-refractivity contribution is 0.220. The van der Waals surface area contributed by atoms with E-state index in [9.17, 15) is 0 Å². The summed E-state index contributed by atoms with van der Waals surface area (Å²) in [6, 6.07) is 6.64. The van der Waals surface area contributed by atoms with Crippen LogP contribution in [0.1, 0.15) is 18.0 Å². The highest BCUT2D eigenvalue weighted by Crippen LogP contribution is 2.30. The minimum atomic E-state index is 0.222. The molecule has 3 nitrogen and oxygen atoms in total. The van der Waals surface area contributed by atoms with E-state index in [0.29, 0.717) is 22.6 Å². The first-order chi connectivity index (χ1) is 9.02. The van der Waals surface area contributed by atoms with Crippen molar-refractivity contribution >= 4 is 23.2 Å². The molecule has 0 aliphatic carbocycles. The van der Waals surface area contributed by atoms with E-state index in [2.05, 4.69) is 23.9 Å². The van der Waals surface area contributed by atoms with Crippen LogP contribution in [0, 0.1) is 0 Å². The second-order valence-electron chi connectivity index (χ2n) is 5.33. The van der Waals surface area contributed by atoms with Gasteiger partial charge in [-0.15, -0.1) is 0 Å². The van der Waals surface area contributed by atoms with Gasteiger partial charge in [-0.2, -0.15) is 0 Å². The summed E-state index contributed by atoms with van der Waals surface area (Å²) in [6.45, 7) is 2.72. The van der Waals surface area contributed by atoms with Crippen molar-refractivity contribution in [1.29, 1.82) is 0 Å². The maximum absolute atomic E-state index is 6.10. The molecule has 1 aromatic rings. The molecule has 2 atom stereocenters. The molecule has 0 radical (unpaired) electrons. The van der Waals surface area contributed by atoms with Crippen LogP contribution in [-0.2, 0) is 0 Å². The zero-order chi connectivity index (χ0) is 14.0. The van der Waals surface area contributed by atoms with Crippen molar-refractivity contribution in [3.8, 4) is 0 Å². The second kappa shape index (κ2) is 6.42. The summed E-state index contributed by atoms with van der Waals surface area (Å²) in [7, 11) is 4.26. The molecule has 0 aromatic heterocycles. The number of likely N-dealkylation sites (tertiary alicyclic amines) is 1. The van der Waals surface area contributed by atoms with Gasteiger partial charge in [0.1, 0.15) is 0 Å². The van der Waals surface area contributed by atoms with Gasteiger partial charge in [0.25, 0.3) is 0 Å². The lowest BCUT2D eigenvalue weighted by atomic mass is 10.1. The zero-order valence-corrected chi connectivity index (χ0v) is 13.0. The summed E-state index contributed by atoms with van der Waals surface area (Å²) in [5.41, 5.74) is 7.11. The van der Waals surface area contributed by atoms with Crippen molar-refractivity contribution in [1.82, 2.24) is 9.80 Å². The van der Waals surface area contributed by atoms with E-state index in [1.165, 1.54) is 6.42 Å². The van der Waals surface area contributed by atoms with Crippen molar-refractivity contribution in [3.05, 3.63) is 33.8 Å². The van der Waals surface area contributed by atoms with E-state index in [0.717, 1.165) is 18.7 Å². The Balaban J connectivity index is 2.14. The second-order valence-corrected chi connectivity index (χ2v) is 6.14. The van der Waals surface area contributed by atoms with Gasteiger partial charge in [0, 0.05) is 31.7 Å². The maximum Gasteiger partial charge on any atom is 0.0595 e. The first kappa shape index (κ1) is 15.1. The Kier molecular flexibility index (Phi) is 5.09. The van der Waals surface area contributed by atoms with Crippen molar-refractivity contribution in [3.63, 3.8) is 0 Å². The average molecular weight is 302 g/mol. The lowest BCUT2D eigenvalue weighted by Crippen LogP contribution is -2.36. The fourth-order valence-electron chi connectivity index (χ4n) is 2.69. The van der Waals surface area contributed by atoms with E-state index in [1.54, 1.807) is 0 Å². The summed E-state index contributed by atoms with van der Waals surface area (Å²) in [6.07, 6.45) is 1.19. The van der Waals surface area contributed by atoms with E-state index in [4.69, 9.17) is 28.9 Å². The van der Waals surface area contributed by atoms with Crippen LogP contribution in [0.15, 0.2) is 18.2 Å². The van der Waals surface area contributed by atoms with E-state index in [1.807, 2.05) is 18.2 Å². The Morgan fingerprint density at radius 1 is 1.37 bits per heavy atom. The SMILES string of the molecule is CN(C)C1CCN(C(CN)c2ccc(Cl)c(Cl)c2)C1. The predicted octanol–water partition coefficient (Wildman–Crippen LogP) is 2.63. The number of rotatable bonds is 4. The minimum Gasteiger partial charge on any atom is -0.329 e. The van der Waals surface area contributed by atoms with E-state index >= 15 is 0 Å². The molecule has 19 heavy (non-hydrogen) atoms. The molecule has 0 amide bonds. The van der Waals surface area contributed by atoms with Crippen molar-refractivity contribution < 1.29 is 0 Å². The first-order valence-electron chi connectivity index (χ1n) is 6.58.